The molecule has 152 valence electrons. The van der Waals surface area contributed by atoms with Gasteiger partial charge in [0, 0.05) is 17.8 Å². The Kier molecular flexibility index (Phi) is 5.52. The van der Waals surface area contributed by atoms with E-state index in [1.807, 2.05) is 11.4 Å². The minimum atomic E-state index is 0.307. The lowest BCUT2D eigenvalue weighted by Gasteiger charge is -2.15. The van der Waals surface area contributed by atoms with Gasteiger partial charge in [-0.05, 0) is 35.7 Å². The monoisotopic (exact) mass is 429 g/mol. The molecule has 0 radical (unpaired) electrons. The van der Waals surface area contributed by atoms with Crippen LogP contribution in [0.1, 0.15) is 11.1 Å². The number of nitriles is 2. The Morgan fingerprint density at radius 2 is 1.58 bits per heavy atom. The normalized spacial score (nSPS) is 10.2. The van der Waals surface area contributed by atoms with Crippen molar-refractivity contribution in [1.82, 2.24) is 9.97 Å². The molecule has 0 saturated heterocycles. The molecule has 0 spiro atoms. The van der Waals surface area contributed by atoms with Crippen molar-refractivity contribution in [2.24, 2.45) is 0 Å². The molecule has 0 amide bonds. The van der Waals surface area contributed by atoms with Crippen LogP contribution < -0.4 is 19.5 Å². The summed E-state index contributed by atoms with van der Waals surface area (Å²) in [6.45, 7) is 0. The molecule has 0 aliphatic rings. The van der Waals surface area contributed by atoms with Crippen LogP contribution in [0.5, 0.6) is 23.1 Å². The number of nitrogens with zero attached hydrogens (tertiary/aromatic N) is 4. The Balaban J connectivity index is 1.75. The summed E-state index contributed by atoms with van der Waals surface area (Å²) in [6.07, 6.45) is 0. The van der Waals surface area contributed by atoms with E-state index in [-0.39, 0.29) is 0 Å². The number of thiophene rings is 1. The van der Waals surface area contributed by atoms with Gasteiger partial charge in [-0.2, -0.15) is 15.5 Å². The number of rotatable bonds is 6. The summed E-state index contributed by atoms with van der Waals surface area (Å²) in [5.74, 6) is 1.65. The van der Waals surface area contributed by atoms with Crippen molar-refractivity contribution in [3.8, 4) is 35.3 Å². The third-order valence-electron chi connectivity index (χ3n) is 4.33. The fraction of sp³-hybridized carbons (Fsp3) is 0.0909. The van der Waals surface area contributed by atoms with Crippen LogP contribution in [0.2, 0.25) is 0 Å². The number of anilines is 2. The van der Waals surface area contributed by atoms with E-state index in [9.17, 15) is 5.26 Å². The molecule has 2 aromatic heterocycles. The van der Waals surface area contributed by atoms with Crippen molar-refractivity contribution in [2.45, 2.75) is 0 Å². The Morgan fingerprint density at radius 3 is 2.19 bits per heavy atom. The molecule has 2 aromatic carbocycles. The van der Waals surface area contributed by atoms with Gasteiger partial charge < -0.3 is 19.5 Å². The summed E-state index contributed by atoms with van der Waals surface area (Å²) in [7, 11) is 2.97. The third kappa shape index (κ3) is 4.04. The van der Waals surface area contributed by atoms with Gasteiger partial charge in [-0.25, -0.2) is 4.98 Å². The van der Waals surface area contributed by atoms with Gasteiger partial charge in [0.1, 0.15) is 4.70 Å². The van der Waals surface area contributed by atoms with Gasteiger partial charge in [0.15, 0.2) is 11.5 Å². The lowest BCUT2D eigenvalue weighted by molar-refractivity contribution is 0.343. The summed E-state index contributed by atoms with van der Waals surface area (Å²) >= 11 is 1.44. The maximum absolute atomic E-state index is 9.23. The standard InChI is InChI=1S/C22H15N5O3S/c1-28-17-9-14(12-24)10-18(29-2)19(17)30-21-20-16(7-8-31-20)26-22(27-21)25-15-5-3-13(11-23)4-6-15/h3-10H,1-2H3,(H,25,26,27). The summed E-state index contributed by atoms with van der Waals surface area (Å²) in [4.78, 5) is 9.05. The molecule has 9 heteroatoms. The van der Waals surface area contributed by atoms with E-state index in [0.29, 0.717) is 45.7 Å². The van der Waals surface area contributed by atoms with Gasteiger partial charge in [0.25, 0.3) is 0 Å². The van der Waals surface area contributed by atoms with Crippen LogP contribution >= 0.6 is 11.3 Å². The molecule has 0 atom stereocenters. The molecule has 31 heavy (non-hydrogen) atoms. The highest BCUT2D eigenvalue weighted by Gasteiger charge is 2.19. The molecule has 0 aliphatic carbocycles. The molecule has 0 fully saturated rings. The Morgan fingerprint density at radius 1 is 0.903 bits per heavy atom. The number of ether oxygens (including phenoxy) is 3. The Labute approximate surface area is 181 Å². The molecular formula is C22H15N5O3S. The van der Waals surface area contributed by atoms with Crippen molar-refractivity contribution >= 4 is 33.2 Å². The molecule has 1 N–H and O–H groups in total. The van der Waals surface area contributed by atoms with Crippen LogP contribution in [-0.4, -0.2) is 24.2 Å². The van der Waals surface area contributed by atoms with Crippen molar-refractivity contribution in [3.05, 3.63) is 59.0 Å². The number of hydrogen-bond donors (Lipinski definition) is 1. The summed E-state index contributed by atoms with van der Waals surface area (Å²) in [5, 5.41) is 23.2. The van der Waals surface area contributed by atoms with E-state index in [1.165, 1.54) is 25.6 Å². The first-order valence-corrected chi connectivity index (χ1v) is 9.89. The SMILES string of the molecule is COc1cc(C#N)cc(OC)c1Oc1nc(Nc2ccc(C#N)cc2)nc2ccsc12. The largest absolute Gasteiger partial charge is 0.493 e. The van der Waals surface area contributed by atoms with E-state index in [0.717, 1.165) is 10.4 Å². The first-order chi connectivity index (χ1) is 15.1. The quantitative estimate of drug-likeness (QED) is 0.456. The van der Waals surface area contributed by atoms with Gasteiger partial charge >= 0.3 is 0 Å². The van der Waals surface area contributed by atoms with Gasteiger partial charge in [-0.3, -0.25) is 0 Å². The van der Waals surface area contributed by atoms with Gasteiger partial charge in [0.2, 0.25) is 17.6 Å². The molecule has 8 nitrogen and oxygen atoms in total. The number of aromatic nitrogens is 2. The molecular weight excluding hydrogens is 414 g/mol. The second-order valence-corrected chi connectivity index (χ2v) is 7.14. The number of benzene rings is 2. The lowest BCUT2D eigenvalue weighted by atomic mass is 10.2. The van der Waals surface area contributed by atoms with Crippen molar-refractivity contribution in [2.75, 3.05) is 19.5 Å². The second-order valence-electron chi connectivity index (χ2n) is 6.23. The summed E-state index contributed by atoms with van der Waals surface area (Å²) in [5.41, 5.74) is 2.38. The van der Waals surface area contributed by atoms with Crippen LogP contribution in [0.25, 0.3) is 10.2 Å². The number of hydrogen-bond acceptors (Lipinski definition) is 9. The van der Waals surface area contributed by atoms with Crippen molar-refractivity contribution in [1.29, 1.82) is 10.5 Å². The molecule has 4 aromatic rings. The van der Waals surface area contributed by atoms with Crippen LogP contribution in [0.3, 0.4) is 0 Å². The molecule has 0 aliphatic heterocycles. The van der Waals surface area contributed by atoms with E-state index >= 15 is 0 Å². The molecule has 0 unspecified atom stereocenters. The maximum atomic E-state index is 9.23. The number of methoxy groups -OCH3 is 2. The van der Waals surface area contributed by atoms with Crippen molar-refractivity contribution < 1.29 is 14.2 Å². The number of nitrogens with one attached hydrogen (secondary N) is 1. The van der Waals surface area contributed by atoms with E-state index in [1.54, 1.807) is 36.4 Å². The van der Waals surface area contributed by atoms with Crippen LogP contribution in [0.4, 0.5) is 11.6 Å². The van der Waals surface area contributed by atoms with E-state index in [4.69, 9.17) is 19.5 Å². The first kappa shape index (κ1) is 20.0. The van der Waals surface area contributed by atoms with Crippen molar-refractivity contribution in [3.63, 3.8) is 0 Å². The van der Waals surface area contributed by atoms with Gasteiger partial charge in [-0.15, -0.1) is 11.3 Å². The minimum Gasteiger partial charge on any atom is -0.493 e. The molecule has 0 bridgehead atoms. The second kappa shape index (κ2) is 8.57. The fourth-order valence-corrected chi connectivity index (χ4v) is 3.62. The zero-order chi connectivity index (χ0) is 21.8. The highest BCUT2D eigenvalue weighted by Crippen LogP contribution is 2.43. The van der Waals surface area contributed by atoms with E-state index < -0.39 is 0 Å². The Bertz CT molecular complexity index is 1310. The minimum absolute atomic E-state index is 0.307. The van der Waals surface area contributed by atoms with Crippen LogP contribution in [-0.2, 0) is 0 Å². The number of fused-ring (bicyclic) bond motifs is 1. The van der Waals surface area contributed by atoms with Gasteiger partial charge in [0.05, 0.1) is 43.0 Å². The predicted molar refractivity (Wildman–Crippen MR) is 116 cm³/mol. The molecule has 4 rings (SSSR count). The highest BCUT2D eigenvalue weighted by molar-refractivity contribution is 7.17. The Hall–Kier alpha value is -4.34. The lowest BCUT2D eigenvalue weighted by Crippen LogP contribution is -2.01. The smallest absolute Gasteiger partial charge is 0.242 e. The topological polar surface area (TPSA) is 113 Å². The first-order valence-electron chi connectivity index (χ1n) is 9.01. The molecule has 0 saturated carbocycles. The summed E-state index contributed by atoms with van der Waals surface area (Å²) < 4.78 is 17.7. The zero-order valence-corrected chi connectivity index (χ0v) is 17.4. The third-order valence-corrected chi connectivity index (χ3v) is 5.22. The summed E-state index contributed by atoms with van der Waals surface area (Å²) in [6, 6.07) is 16.1. The molecule has 2 heterocycles. The fourth-order valence-electron chi connectivity index (χ4n) is 2.86. The predicted octanol–water partition coefficient (Wildman–Crippen LogP) is 4.99. The van der Waals surface area contributed by atoms with Crippen LogP contribution in [0, 0.1) is 22.7 Å². The van der Waals surface area contributed by atoms with Gasteiger partial charge in [-0.1, -0.05) is 0 Å². The van der Waals surface area contributed by atoms with Crippen LogP contribution in [0.15, 0.2) is 47.8 Å². The highest BCUT2D eigenvalue weighted by atomic mass is 32.1. The van der Waals surface area contributed by atoms with E-state index in [2.05, 4.69) is 27.4 Å². The average molecular weight is 429 g/mol. The maximum Gasteiger partial charge on any atom is 0.242 e. The zero-order valence-electron chi connectivity index (χ0n) is 16.5. The average Bonchev–Trinajstić information content (AvgIpc) is 3.28.